The van der Waals surface area contributed by atoms with Crippen molar-refractivity contribution in [1.29, 1.82) is 0 Å². The van der Waals surface area contributed by atoms with E-state index in [4.69, 9.17) is 14.5 Å². The maximum absolute atomic E-state index is 14.2. The zero-order chi connectivity index (χ0) is 32.8. The third-order valence-corrected chi connectivity index (χ3v) is 9.50. The summed E-state index contributed by atoms with van der Waals surface area (Å²) in [5.74, 6) is -0.459. The molecule has 0 saturated carbocycles. The number of fused-ring (bicyclic) bond motifs is 1. The molecule has 7 heteroatoms. The SMILES string of the molecule is COC(=O)N[C@H](C(=O)Cc1ccccc1CC[C@@H]1CN[C@H](C2=Nc3cc(C)c(C)cc3C2)CO1)C(c1ccccc1)c1ccccc1. The van der Waals surface area contributed by atoms with Crippen molar-refractivity contribution in [2.75, 3.05) is 20.3 Å². The topological polar surface area (TPSA) is 89.0 Å². The molecule has 0 aromatic heterocycles. The van der Waals surface area contributed by atoms with Crippen LogP contribution < -0.4 is 10.6 Å². The minimum absolute atomic E-state index is 0.0677. The maximum atomic E-state index is 14.2. The highest BCUT2D eigenvalue weighted by atomic mass is 16.5. The fourth-order valence-corrected chi connectivity index (χ4v) is 6.74. The number of hydrogen-bond acceptors (Lipinski definition) is 6. The summed E-state index contributed by atoms with van der Waals surface area (Å²) in [6.45, 7) is 5.63. The molecule has 0 radical (unpaired) electrons. The maximum Gasteiger partial charge on any atom is 0.407 e. The first-order valence-corrected chi connectivity index (χ1v) is 16.5. The molecule has 1 amide bonds. The molecule has 242 valence electrons. The number of rotatable bonds is 11. The first-order chi connectivity index (χ1) is 22.9. The molecule has 2 N–H and O–H groups in total. The Kier molecular flexibility index (Phi) is 10.2. The number of aryl methyl sites for hydroxylation is 3. The zero-order valence-electron chi connectivity index (χ0n) is 27.4. The summed E-state index contributed by atoms with van der Waals surface area (Å²) >= 11 is 0. The second kappa shape index (κ2) is 14.9. The monoisotopic (exact) mass is 629 g/mol. The number of amides is 1. The average Bonchev–Trinajstić information content (AvgIpc) is 3.51. The van der Waals surface area contributed by atoms with Gasteiger partial charge in [-0.05, 0) is 71.7 Å². The second-order valence-corrected chi connectivity index (χ2v) is 12.6. The molecule has 0 aliphatic carbocycles. The molecule has 2 aliphatic rings. The van der Waals surface area contributed by atoms with Gasteiger partial charge in [-0.25, -0.2) is 4.79 Å². The zero-order valence-corrected chi connectivity index (χ0v) is 27.4. The molecule has 1 fully saturated rings. The molecule has 4 aromatic carbocycles. The summed E-state index contributed by atoms with van der Waals surface area (Å²) < 4.78 is 11.3. The van der Waals surface area contributed by atoms with Crippen LogP contribution in [0.1, 0.15) is 51.3 Å². The largest absolute Gasteiger partial charge is 0.453 e. The lowest BCUT2D eigenvalue weighted by Crippen LogP contribution is -2.50. The molecule has 2 aliphatic heterocycles. The predicted octanol–water partition coefficient (Wildman–Crippen LogP) is 6.59. The van der Waals surface area contributed by atoms with Gasteiger partial charge in [0.25, 0.3) is 0 Å². The van der Waals surface area contributed by atoms with Crippen LogP contribution in [0.2, 0.25) is 0 Å². The van der Waals surface area contributed by atoms with Gasteiger partial charge in [0.15, 0.2) is 5.78 Å². The standard InChI is InChI=1S/C40H43N3O4/c1-26-20-32-22-35(42-34(32)21-27(26)2)36-25-47-33(24-41-36)19-18-28-12-10-11-17-31(28)23-37(44)39(43-40(45)46-3)38(29-13-6-4-7-14-29)30-15-8-5-9-16-30/h4-17,20-21,33,36,38-39,41H,18-19,22-25H2,1-3H3,(H,43,45)/t33-,36+,39-/m1/s1. The fraction of sp³-hybridized carbons (Fsp3) is 0.325. The van der Waals surface area contributed by atoms with E-state index >= 15 is 0 Å². The van der Waals surface area contributed by atoms with Gasteiger partial charge in [0, 0.05) is 31.0 Å². The van der Waals surface area contributed by atoms with E-state index in [0.717, 1.165) is 59.5 Å². The van der Waals surface area contributed by atoms with E-state index in [1.54, 1.807) is 0 Å². The number of methoxy groups -OCH3 is 1. The van der Waals surface area contributed by atoms with Gasteiger partial charge in [-0.2, -0.15) is 0 Å². The predicted molar refractivity (Wildman–Crippen MR) is 186 cm³/mol. The van der Waals surface area contributed by atoms with Gasteiger partial charge >= 0.3 is 6.09 Å². The fourth-order valence-electron chi connectivity index (χ4n) is 6.74. The molecule has 2 heterocycles. The number of carbonyl (C=O) groups excluding carboxylic acids is 2. The first kappa shape index (κ1) is 32.4. The number of carbonyl (C=O) groups is 2. The summed E-state index contributed by atoms with van der Waals surface area (Å²) in [6.07, 6.45) is 2.10. The van der Waals surface area contributed by atoms with Crippen molar-refractivity contribution < 1.29 is 19.1 Å². The van der Waals surface area contributed by atoms with E-state index in [2.05, 4.69) is 42.7 Å². The Labute approximate surface area is 277 Å². The van der Waals surface area contributed by atoms with E-state index in [1.807, 2.05) is 78.9 Å². The number of hydrogen-bond donors (Lipinski definition) is 2. The quantitative estimate of drug-likeness (QED) is 0.196. The van der Waals surface area contributed by atoms with Crippen LogP contribution in [0.4, 0.5) is 10.5 Å². The van der Waals surface area contributed by atoms with E-state index < -0.39 is 12.1 Å². The van der Waals surface area contributed by atoms with Gasteiger partial charge in [0.1, 0.15) is 6.04 Å². The van der Waals surface area contributed by atoms with Gasteiger partial charge < -0.3 is 20.1 Å². The van der Waals surface area contributed by atoms with Gasteiger partial charge in [0.05, 0.1) is 31.5 Å². The molecular weight excluding hydrogens is 586 g/mol. The molecule has 0 bridgehead atoms. The van der Waals surface area contributed by atoms with Gasteiger partial charge in [0.2, 0.25) is 0 Å². The Morgan fingerprint density at radius 3 is 2.19 bits per heavy atom. The van der Waals surface area contributed by atoms with Crippen molar-refractivity contribution in [2.24, 2.45) is 4.99 Å². The van der Waals surface area contributed by atoms with E-state index in [9.17, 15) is 9.59 Å². The van der Waals surface area contributed by atoms with E-state index in [0.29, 0.717) is 6.61 Å². The summed E-state index contributed by atoms with van der Waals surface area (Å²) in [5, 5.41) is 6.56. The second-order valence-electron chi connectivity index (χ2n) is 12.6. The van der Waals surface area contributed by atoms with Crippen molar-refractivity contribution in [1.82, 2.24) is 10.6 Å². The van der Waals surface area contributed by atoms with Gasteiger partial charge in [-0.3, -0.25) is 9.79 Å². The normalized spacial score (nSPS) is 17.9. The first-order valence-electron chi connectivity index (χ1n) is 16.5. The van der Waals surface area contributed by atoms with Crippen molar-refractivity contribution in [2.45, 2.75) is 63.6 Å². The Hall–Kier alpha value is -4.59. The lowest BCUT2D eigenvalue weighted by Gasteiger charge is -2.31. The van der Waals surface area contributed by atoms with E-state index in [-0.39, 0.29) is 30.3 Å². The van der Waals surface area contributed by atoms with Crippen molar-refractivity contribution in [3.63, 3.8) is 0 Å². The average molecular weight is 630 g/mol. The van der Waals surface area contributed by atoms with Crippen LogP contribution in [0.5, 0.6) is 0 Å². The smallest absolute Gasteiger partial charge is 0.407 e. The van der Waals surface area contributed by atoms with Gasteiger partial charge in [-0.15, -0.1) is 0 Å². The lowest BCUT2D eigenvalue weighted by atomic mass is 9.81. The van der Waals surface area contributed by atoms with Crippen molar-refractivity contribution >= 4 is 23.3 Å². The number of aliphatic imine (C=N–C) groups is 1. The molecular formula is C40H43N3O4. The number of morpholine rings is 1. The Morgan fingerprint density at radius 1 is 0.915 bits per heavy atom. The van der Waals surface area contributed by atoms with Crippen LogP contribution in [0.15, 0.2) is 102 Å². The third-order valence-electron chi connectivity index (χ3n) is 9.50. The highest BCUT2D eigenvalue weighted by molar-refractivity contribution is 5.98. The number of nitrogens with zero attached hydrogens (tertiary/aromatic N) is 1. The Morgan fingerprint density at radius 2 is 1.55 bits per heavy atom. The molecule has 0 spiro atoms. The molecule has 47 heavy (non-hydrogen) atoms. The highest BCUT2D eigenvalue weighted by Crippen LogP contribution is 2.32. The van der Waals surface area contributed by atoms with Crippen LogP contribution in [0, 0.1) is 13.8 Å². The number of ether oxygens (including phenoxy) is 2. The molecule has 6 rings (SSSR count). The third kappa shape index (κ3) is 7.70. The summed E-state index contributed by atoms with van der Waals surface area (Å²) in [6, 6.07) is 31.5. The van der Waals surface area contributed by atoms with Crippen LogP contribution >= 0.6 is 0 Å². The number of nitrogens with one attached hydrogen (secondary N) is 2. The minimum atomic E-state index is -0.819. The van der Waals surface area contributed by atoms with Gasteiger partial charge in [-0.1, -0.05) is 91.0 Å². The van der Waals surface area contributed by atoms with Crippen LogP contribution in [0.25, 0.3) is 0 Å². The lowest BCUT2D eigenvalue weighted by molar-refractivity contribution is -0.120. The number of ketones is 1. The molecule has 3 atom stereocenters. The van der Waals surface area contributed by atoms with Crippen LogP contribution in [-0.2, 0) is 33.5 Å². The van der Waals surface area contributed by atoms with Crippen molar-refractivity contribution in [3.05, 3.63) is 136 Å². The van der Waals surface area contributed by atoms with E-state index in [1.165, 1.54) is 23.8 Å². The number of alkyl carbamates (subject to hydrolysis) is 1. The Balaban J connectivity index is 1.12. The summed E-state index contributed by atoms with van der Waals surface area (Å²) in [7, 11) is 1.32. The highest BCUT2D eigenvalue weighted by Gasteiger charge is 2.33. The number of benzene rings is 4. The molecule has 4 aromatic rings. The van der Waals surface area contributed by atoms with Crippen LogP contribution in [-0.4, -0.2) is 56.0 Å². The molecule has 0 unspecified atom stereocenters. The van der Waals surface area contributed by atoms with Crippen molar-refractivity contribution in [3.8, 4) is 0 Å². The molecule has 1 saturated heterocycles. The summed E-state index contributed by atoms with van der Waals surface area (Å²) in [5.41, 5.74) is 10.1. The number of Topliss-reactive ketones (excluding diaryl/α,β-unsaturated/α-hetero) is 1. The summed E-state index contributed by atoms with van der Waals surface area (Å²) in [4.78, 5) is 31.7. The Bertz CT molecular complexity index is 1690. The minimum Gasteiger partial charge on any atom is -0.453 e. The van der Waals surface area contributed by atoms with Crippen LogP contribution in [0.3, 0.4) is 0 Å². The molecule has 7 nitrogen and oxygen atoms in total.